The minimum absolute atomic E-state index is 0.00437. The summed E-state index contributed by atoms with van der Waals surface area (Å²) in [6.07, 6.45) is 6.23. The molecule has 0 bridgehead atoms. The predicted octanol–water partition coefficient (Wildman–Crippen LogP) is 2.63. The van der Waals surface area contributed by atoms with Gasteiger partial charge in [0.05, 0.1) is 0 Å². The number of amides is 1. The van der Waals surface area contributed by atoms with Gasteiger partial charge in [-0.2, -0.15) is 0 Å². The van der Waals surface area contributed by atoms with Crippen molar-refractivity contribution in [3.05, 3.63) is 35.4 Å². The number of carbonyl (C=O) groups excluding carboxylic acids is 1. The smallest absolute Gasteiger partial charge is 0.251 e. The zero-order chi connectivity index (χ0) is 13.7. The molecule has 2 rings (SSSR count). The minimum Gasteiger partial charge on any atom is -0.348 e. The van der Waals surface area contributed by atoms with Gasteiger partial charge in [-0.05, 0) is 37.8 Å². The largest absolute Gasteiger partial charge is 0.348 e. The SMILES string of the molecule is Cc1cccc(C(=O)NC(CN)C2CCCCC2)c1. The molecular formula is C16H24N2O. The molecular weight excluding hydrogens is 236 g/mol. The average molecular weight is 260 g/mol. The second kappa shape index (κ2) is 6.71. The third-order valence-electron chi connectivity index (χ3n) is 4.07. The van der Waals surface area contributed by atoms with E-state index < -0.39 is 0 Å². The van der Waals surface area contributed by atoms with Crippen molar-refractivity contribution >= 4 is 5.91 Å². The van der Waals surface area contributed by atoms with Crippen molar-refractivity contribution in [3.8, 4) is 0 Å². The van der Waals surface area contributed by atoms with Gasteiger partial charge in [0.15, 0.2) is 0 Å². The summed E-state index contributed by atoms with van der Waals surface area (Å²) < 4.78 is 0. The number of aryl methyl sites for hydroxylation is 1. The van der Waals surface area contributed by atoms with Crippen molar-refractivity contribution in [2.45, 2.75) is 45.1 Å². The highest BCUT2D eigenvalue weighted by atomic mass is 16.1. The van der Waals surface area contributed by atoms with Crippen LogP contribution in [0, 0.1) is 12.8 Å². The van der Waals surface area contributed by atoms with E-state index in [0.717, 1.165) is 11.1 Å². The van der Waals surface area contributed by atoms with Crippen LogP contribution in [0.2, 0.25) is 0 Å². The first-order valence-corrected chi connectivity index (χ1v) is 7.28. The summed E-state index contributed by atoms with van der Waals surface area (Å²) in [5.41, 5.74) is 7.68. The van der Waals surface area contributed by atoms with Crippen LogP contribution in [0.15, 0.2) is 24.3 Å². The van der Waals surface area contributed by atoms with Gasteiger partial charge in [0.2, 0.25) is 0 Å². The second-order valence-corrected chi connectivity index (χ2v) is 5.58. The van der Waals surface area contributed by atoms with Crippen LogP contribution in [0.3, 0.4) is 0 Å². The van der Waals surface area contributed by atoms with Gasteiger partial charge in [-0.3, -0.25) is 4.79 Å². The molecule has 1 aliphatic carbocycles. The summed E-state index contributed by atoms with van der Waals surface area (Å²) in [6, 6.07) is 7.81. The average Bonchev–Trinajstić information content (AvgIpc) is 2.45. The molecule has 0 heterocycles. The molecule has 1 aliphatic rings. The fourth-order valence-corrected chi connectivity index (χ4v) is 2.94. The number of nitrogens with two attached hydrogens (primary N) is 1. The van der Waals surface area contributed by atoms with E-state index in [2.05, 4.69) is 5.32 Å². The zero-order valence-corrected chi connectivity index (χ0v) is 11.7. The molecule has 1 saturated carbocycles. The first-order chi connectivity index (χ1) is 9.20. The topological polar surface area (TPSA) is 55.1 Å². The number of benzene rings is 1. The lowest BCUT2D eigenvalue weighted by Gasteiger charge is -2.30. The van der Waals surface area contributed by atoms with Crippen LogP contribution in [0.5, 0.6) is 0 Å². The molecule has 3 nitrogen and oxygen atoms in total. The van der Waals surface area contributed by atoms with Crippen molar-refractivity contribution in [1.29, 1.82) is 0 Å². The Morgan fingerprint density at radius 1 is 1.37 bits per heavy atom. The normalized spacial score (nSPS) is 18.0. The molecule has 1 aromatic rings. The van der Waals surface area contributed by atoms with E-state index in [1.165, 1.54) is 32.1 Å². The van der Waals surface area contributed by atoms with Gasteiger partial charge in [-0.25, -0.2) is 0 Å². The van der Waals surface area contributed by atoms with Crippen LogP contribution in [0.25, 0.3) is 0 Å². The third-order valence-corrected chi connectivity index (χ3v) is 4.07. The van der Waals surface area contributed by atoms with E-state index in [-0.39, 0.29) is 11.9 Å². The van der Waals surface area contributed by atoms with Gasteiger partial charge in [0, 0.05) is 18.2 Å². The van der Waals surface area contributed by atoms with Crippen molar-refractivity contribution in [3.63, 3.8) is 0 Å². The summed E-state index contributed by atoms with van der Waals surface area (Å²) >= 11 is 0. The summed E-state index contributed by atoms with van der Waals surface area (Å²) in [6.45, 7) is 2.53. The Morgan fingerprint density at radius 2 is 2.11 bits per heavy atom. The molecule has 1 aromatic carbocycles. The van der Waals surface area contributed by atoms with Crippen molar-refractivity contribution in [2.75, 3.05) is 6.54 Å². The number of carbonyl (C=O) groups is 1. The summed E-state index contributed by atoms with van der Waals surface area (Å²) in [5.74, 6) is 0.553. The molecule has 0 aromatic heterocycles. The molecule has 1 unspecified atom stereocenters. The Kier molecular flexibility index (Phi) is 4.97. The molecule has 0 spiro atoms. The molecule has 19 heavy (non-hydrogen) atoms. The highest BCUT2D eigenvalue weighted by Gasteiger charge is 2.24. The molecule has 3 N–H and O–H groups in total. The first-order valence-electron chi connectivity index (χ1n) is 7.28. The Labute approximate surface area is 115 Å². The molecule has 0 aliphatic heterocycles. The Bertz CT molecular complexity index is 425. The van der Waals surface area contributed by atoms with Crippen molar-refractivity contribution in [2.24, 2.45) is 11.7 Å². The Morgan fingerprint density at radius 3 is 2.74 bits per heavy atom. The maximum absolute atomic E-state index is 12.2. The molecule has 104 valence electrons. The molecule has 3 heteroatoms. The fourth-order valence-electron chi connectivity index (χ4n) is 2.94. The minimum atomic E-state index is 0.00437. The van der Waals surface area contributed by atoms with Crippen LogP contribution < -0.4 is 11.1 Å². The Hall–Kier alpha value is -1.35. The summed E-state index contributed by atoms with van der Waals surface area (Å²) in [5, 5.41) is 3.12. The van der Waals surface area contributed by atoms with Gasteiger partial charge in [0.1, 0.15) is 0 Å². The number of hydrogen-bond acceptors (Lipinski definition) is 2. The second-order valence-electron chi connectivity index (χ2n) is 5.58. The van der Waals surface area contributed by atoms with Gasteiger partial charge in [-0.15, -0.1) is 0 Å². The first kappa shape index (κ1) is 14.1. The number of hydrogen-bond donors (Lipinski definition) is 2. The molecule has 1 fully saturated rings. The summed E-state index contributed by atoms with van der Waals surface area (Å²) in [4.78, 5) is 12.2. The van der Waals surface area contributed by atoms with E-state index in [9.17, 15) is 4.79 Å². The predicted molar refractivity (Wildman–Crippen MR) is 78.1 cm³/mol. The van der Waals surface area contributed by atoms with E-state index >= 15 is 0 Å². The van der Waals surface area contributed by atoms with E-state index in [1.54, 1.807) is 0 Å². The lowest BCUT2D eigenvalue weighted by Crippen LogP contribution is -2.45. The van der Waals surface area contributed by atoms with Crippen LogP contribution >= 0.6 is 0 Å². The van der Waals surface area contributed by atoms with Crippen LogP contribution in [-0.2, 0) is 0 Å². The quantitative estimate of drug-likeness (QED) is 0.874. The fraction of sp³-hybridized carbons (Fsp3) is 0.562. The van der Waals surface area contributed by atoms with Gasteiger partial charge >= 0.3 is 0 Å². The molecule has 1 atom stereocenters. The molecule has 0 saturated heterocycles. The van der Waals surface area contributed by atoms with E-state index in [0.29, 0.717) is 12.5 Å². The monoisotopic (exact) mass is 260 g/mol. The maximum atomic E-state index is 12.2. The highest BCUT2D eigenvalue weighted by Crippen LogP contribution is 2.26. The highest BCUT2D eigenvalue weighted by molar-refractivity contribution is 5.94. The van der Waals surface area contributed by atoms with Gasteiger partial charge < -0.3 is 11.1 Å². The Balaban J connectivity index is 1.99. The number of nitrogens with one attached hydrogen (secondary N) is 1. The summed E-state index contributed by atoms with van der Waals surface area (Å²) in [7, 11) is 0. The van der Waals surface area contributed by atoms with Crippen molar-refractivity contribution in [1.82, 2.24) is 5.32 Å². The maximum Gasteiger partial charge on any atom is 0.251 e. The van der Waals surface area contributed by atoms with Gasteiger partial charge in [0.25, 0.3) is 5.91 Å². The number of rotatable bonds is 4. The standard InChI is InChI=1S/C16H24N2O/c1-12-6-5-9-14(10-12)16(19)18-15(11-17)13-7-3-2-4-8-13/h5-6,9-10,13,15H,2-4,7-8,11,17H2,1H3,(H,18,19). The lowest BCUT2D eigenvalue weighted by molar-refractivity contribution is 0.0915. The molecule has 0 radical (unpaired) electrons. The van der Waals surface area contributed by atoms with E-state index in [1.807, 2.05) is 31.2 Å². The molecule has 1 amide bonds. The van der Waals surface area contributed by atoms with Crippen LogP contribution in [-0.4, -0.2) is 18.5 Å². The van der Waals surface area contributed by atoms with Crippen LogP contribution in [0.4, 0.5) is 0 Å². The van der Waals surface area contributed by atoms with E-state index in [4.69, 9.17) is 5.73 Å². The third kappa shape index (κ3) is 3.80. The zero-order valence-electron chi connectivity index (χ0n) is 11.7. The van der Waals surface area contributed by atoms with Crippen molar-refractivity contribution < 1.29 is 4.79 Å². The van der Waals surface area contributed by atoms with Crippen LogP contribution in [0.1, 0.15) is 48.0 Å². The van der Waals surface area contributed by atoms with Gasteiger partial charge in [-0.1, -0.05) is 37.0 Å². The lowest BCUT2D eigenvalue weighted by atomic mass is 9.84.